The fourth-order valence-electron chi connectivity index (χ4n) is 1.86. The highest BCUT2D eigenvalue weighted by atomic mass is 32.2. The topological polar surface area (TPSA) is 72.0 Å². The minimum atomic E-state index is -4.72. The van der Waals surface area contributed by atoms with Gasteiger partial charge in [0.1, 0.15) is 5.75 Å². The van der Waals surface area contributed by atoms with Crippen molar-refractivity contribution < 1.29 is 22.7 Å². The molecular formula is C16H15F3N2O3S. The van der Waals surface area contributed by atoms with Gasteiger partial charge in [-0.3, -0.25) is 9.59 Å². The van der Waals surface area contributed by atoms with Crippen molar-refractivity contribution in [2.75, 3.05) is 5.75 Å². The fraction of sp³-hybridized carbons (Fsp3) is 0.312. The molecule has 1 aromatic heterocycles. The second-order valence-corrected chi connectivity index (χ2v) is 6.30. The maximum atomic E-state index is 12.6. The van der Waals surface area contributed by atoms with Gasteiger partial charge in [-0.25, -0.2) is 4.98 Å². The Morgan fingerprint density at radius 2 is 1.92 bits per heavy atom. The van der Waals surface area contributed by atoms with Crippen molar-refractivity contribution in [3.63, 3.8) is 0 Å². The third kappa shape index (κ3) is 5.63. The highest BCUT2D eigenvalue weighted by Crippen LogP contribution is 2.27. The number of Topliss-reactive ketones (excluding diaryl/α,β-unsaturated/α-hetero) is 1. The van der Waals surface area contributed by atoms with Crippen molar-refractivity contribution in [3.05, 3.63) is 51.9 Å². The van der Waals surface area contributed by atoms with E-state index in [4.69, 9.17) is 4.74 Å². The number of rotatable bonds is 6. The van der Waals surface area contributed by atoms with Crippen LogP contribution in [0.25, 0.3) is 0 Å². The van der Waals surface area contributed by atoms with Gasteiger partial charge in [-0.1, -0.05) is 11.8 Å². The molecule has 0 aliphatic heterocycles. The van der Waals surface area contributed by atoms with E-state index in [-0.39, 0.29) is 22.8 Å². The molecule has 0 saturated heterocycles. The smallest absolute Gasteiger partial charge is 0.433 e. The van der Waals surface area contributed by atoms with Crippen molar-refractivity contribution in [2.45, 2.75) is 31.3 Å². The molecular weight excluding hydrogens is 357 g/mol. The minimum absolute atomic E-state index is 0.000847. The lowest BCUT2D eigenvalue weighted by molar-refractivity contribution is -0.141. The number of ether oxygens (including phenoxy) is 1. The number of ketones is 1. The number of benzene rings is 1. The van der Waals surface area contributed by atoms with Crippen LogP contribution in [0.2, 0.25) is 0 Å². The lowest BCUT2D eigenvalue weighted by Crippen LogP contribution is -2.17. The summed E-state index contributed by atoms with van der Waals surface area (Å²) in [7, 11) is 0. The minimum Gasteiger partial charge on any atom is -0.491 e. The molecule has 0 fully saturated rings. The van der Waals surface area contributed by atoms with E-state index in [2.05, 4.69) is 9.97 Å². The zero-order chi connectivity index (χ0) is 18.6. The molecule has 0 atom stereocenters. The van der Waals surface area contributed by atoms with Gasteiger partial charge >= 0.3 is 6.18 Å². The molecule has 0 spiro atoms. The third-order valence-corrected chi connectivity index (χ3v) is 3.77. The number of aromatic amines is 1. The van der Waals surface area contributed by atoms with Crippen molar-refractivity contribution in [1.82, 2.24) is 9.97 Å². The monoisotopic (exact) mass is 372 g/mol. The fourth-order valence-corrected chi connectivity index (χ4v) is 2.63. The number of aromatic nitrogens is 2. The molecule has 134 valence electrons. The number of carbonyl (C=O) groups is 1. The number of H-pyrrole nitrogens is 1. The second-order valence-electron chi connectivity index (χ2n) is 5.34. The van der Waals surface area contributed by atoms with Crippen LogP contribution in [0.15, 0.2) is 40.3 Å². The van der Waals surface area contributed by atoms with E-state index in [1.54, 1.807) is 24.3 Å². The first-order valence-corrected chi connectivity index (χ1v) is 8.25. The van der Waals surface area contributed by atoms with Crippen molar-refractivity contribution in [2.24, 2.45) is 0 Å². The van der Waals surface area contributed by atoms with Crippen LogP contribution < -0.4 is 10.3 Å². The number of halogens is 3. The molecule has 0 saturated carbocycles. The average Bonchev–Trinajstić information content (AvgIpc) is 2.51. The molecule has 2 aromatic rings. The number of alkyl halides is 3. The summed E-state index contributed by atoms with van der Waals surface area (Å²) < 4.78 is 43.4. The number of carbonyl (C=O) groups excluding carboxylic acids is 1. The van der Waals surface area contributed by atoms with Gasteiger partial charge in [-0.15, -0.1) is 0 Å². The summed E-state index contributed by atoms with van der Waals surface area (Å²) in [5, 5.41) is -0.257. The lowest BCUT2D eigenvalue weighted by atomic mass is 10.1. The molecule has 0 bridgehead atoms. The Labute approximate surface area is 145 Å². The summed E-state index contributed by atoms with van der Waals surface area (Å²) in [6.45, 7) is 3.75. The molecule has 0 amide bonds. The van der Waals surface area contributed by atoms with E-state index < -0.39 is 17.4 Å². The van der Waals surface area contributed by atoms with Crippen molar-refractivity contribution >= 4 is 17.5 Å². The summed E-state index contributed by atoms with van der Waals surface area (Å²) >= 11 is 0.735. The van der Waals surface area contributed by atoms with Crippen LogP contribution in [0, 0.1) is 0 Å². The van der Waals surface area contributed by atoms with Crippen LogP contribution in [0.3, 0.4) is 0 Å². The van der Waals surface area contributed by atoms with Gasteiger partial charge < -0.3 is 9.72 Å². The van der Waals surface area contributed by atoms with Gasteiger partial charge in [0.05, 0.1) is 11.9 Å². The van der Waals surface area contributed by atoms with Gasteiger partial charge in [0.25, 0.3) is 5.56 Å². The standard InChI is InChI=1S/C16H15F3N2O3S/c1-9(2)24-11-5-3-10(4-6-11)12(22)8-25-15-20-13(16(17,18)19)7-14(23)21-15/h3-7,9H,8H2,1-2H3,(H,20,21,23). The number of thioether (sulfide) groups is 1. The highest BCUT2D eigenvalue weighted by molar-refractivity contribution is 7.99. The van der Waals surface area contributed by atoms with Crippen molar-refractivity contribution in [3.8, 4) is 5.75 Å². The van der Waals surface area contributed by atoms with Crippen LogP contribution in [0.1, 0.15) is 29.9 Å². The van der Waals surface area contributed by atoms with Crippen molar-refractivity contribution in [1.29, 1.82) is 0 Å². The first kappa shape index (κ1) is 19.0. The number of hydrogen-bond acceptors (Lipinski definition) is 5. The Balaban J connectivity index is 2.05. The van der Waals surface area contributed by atoms with Gasteiger partial charge in [-0.2, -0.15) is 13.2 Å². The summed E-state index contributed by atoms with van der Waals surface area (Å²) in [4.78, 5) is 28.9. The number of nitrogens with zero attached hydrogens (tertiary/aromatic N) is 1. The molecule has 25 heavy (non-hydrogen) atoms. The largest absolute Gasteiger partial charge is 0.491 e. The first-order chi connectivity index (χ1) is 11.6. The Morgan fingerprint density at radius 3 is 2.48 bits per heavy atom. The summed E-state index contributed by atoms with van der Waals surface area (Å²) in [5.41, 5.74) is -1.83. The maximum Gasteiger partial charge on any atom is 0.433 e. The lowest BCUT2D eigenvalue weighted by Gasteiger charge is -2.10. The Morgan fingerprint density at radius 1 is 1.28 bits per heavy atom. The zero-order valence-electron chi connectivity index (χ0n) is 13.4. The van der Waals surface area contributed by atoms with E-state index in [1.165, 1.54) is 0 Å². The van der Waals surface area contributed by atoms with E-state index in [9.17, 15) is 22.8 Å². The summed E-state index contributed by atoms with van der Waals surface area (Å²) in [6.07, 6.45) is -4.72. The van der Waals surface area contributed by atoms with Gasteiger partial charge in [0.2, 0.25) is 0 Å². The van der Waals surface area contributed by atoms with Gasteiger partial charge in [-0.05, 0) is 38.1 Å². The van der Waals surface area contributed by atoms with E-state index in [0.29, 0.717) is 17.4 Å². The molecule has 0 aliphatic carbocycles. The van der Waals surface area contributed by atoms with Gasteiger partial charge in [0, 0.05) is 11.6 Å². The van der Waals surface area contributed by atoms with E-state index in [0.717, 1.165) is 11.8 Å². The Kier molecular flexibility index (Phi) is 5.89. The molecule has 2 rings (SSSR count). The second kappa shape index (κ2) is 7.73. The average molecular weight is 372 g/mol. The normalized spacial score (nSPS) is 11.6. The maximum absolute atomic E-state index is 12.6. The number of hydrogen-bond donors (Lipinski definition) is 1. The van der Waals surface area contributed by atoms with Crippen LogP contribution >= 0.6 is 11.8 Å². The first-order valence-electron chi connectivity index (χ1n) is 7.26. The molecule has 1 N–H and O–H groups in total. The summed E-state index contributed by atoms with van der Waals surface area (Å²) in [6, 6.07) is 6.80. The van der Waals surface area contributed by atoms with Crippen LogP contribution in [-0.4, -0.2) is 27.6 Å². The quantitative estimate of drug-likeness (QED) is 0.477. The molecule has 0 radical (unpaired) electrons. The summed E-state index contributed by atoms with van der Waals surface area (Å²) in [5.74, 6) is 0.151. The molecule has 0 unspecified atom stereocenters. The van der Waals surface area contributed by atoms with E-state index >= 15 is 0 Å². The zero-order valence-corrected chi connectivity index (χ0v) is 14.2. The predicted molar refractivity (Wildman–Crippen MR) is 87.1 cm³/mol. The van der Waals surface area contributed by atoms with E-state index in [1.807, 2.05) is 13.8 Å². The Hall–Kier alpha value is -2.29. The van der Waals surface area contributed by atoms with Gasteiger partial charge in [0.15, 0.2) is 16.6 Å². The van der Waals surface area contributed by atoms with Crippen LogP contribution in [-0.2, 0) is 6.18 Å². The predicted octanol–water partition coefficient (Wildman–Crippen LogP) is 3.55. The molecule has 1 heterocycles. The Bertz CT molecular complexity index is 802. The van der Waals surface area contributed by atoms with Crippen LogP contribution in [0.5, 0.6) is 5.75 Å². The molecule has 9 heteroatoms. The highest BCUT2D eigenvalue weighted by Gasteiger charge is 2.33. The number of nitrogens with one attached hydrogen (secondary N) is 1. The van der Waals surface area contributed by atoms with Crippen LogP contribution in [0.4, 0.5) is 13.2 Å². The third-order valence-electron chi connectivity index (χ3n) is 2.90. The molecule has 5 nitrogen and oxygen atoms in total. The molecule has 1 aromatic carbocycles. The SMILES string of the molecule is CC(C)Oc1ccc(C(=O)CSc2nc(C(F)(F)F)cc(=O)[nH]2)cc1. The molecule has 0 aliphatic rings.